The molecule has 3 heteroatoms. The molecule has 0 radical (unpaired) electrons. The summed E-state index contributed by atoms with van der Waals surface area (Å²) in [5, 5.41) is 7.50. The van der Waals surface area contributed by atoms with Gasteiger partial charge in [-0.1, -0.05) is 6.42 Å². The van der Waals surface area contributed by atoms with Crippen LogP contribution in [-0.4, -0.2) is 48.2 Å². The van der Waals surface area contributed by atoms with Crippen LogP contribution in [0.15, 0.2) is 0 Å². The Balaban J connectivity index is 1.56. The summed E-state index contributed by atoms with van der Waals surface area (Å²) in [5.41, 5.74) is 0. The Kier molecular flexibility index (Phi) is 2.67. The lowest BCUT2D eigenvalue weighted by atomic mass is 9.86. The molecule has 0 saturated carbocycles. The highest BCUT2D eigenvalue weighted by Crippen LogP contribution is 2.36. The zero-order valence-corrected chi connectivity index (χ0v) is 10.7. The molecule has 4 heterocycles. The maximum Gasteiger partial charge on any atom is 0.0256 e. The second kappa shape index (κ2) is 4.22. The third-order valence-electron chi connectivity index (χ3n) is 5.61. The molecule has 4 bridgehead atoms. The number of hydrogen-bond donors (Lipinski definition) is 2. The van der Waals surface area contributed by atoms with E-state index in [1.165, 1.54) is 58.0 Å². The average molecular weight is 235 g/mol. The fourth-order valence-corrected chi connectivity index (χ4v) is 4.87. The SMILES string of the molecule is C1CC2CNCC(C1)N2C1CCC2CCC1N2. The molecule has 4 saturated heterocycles. The lowest BCUT2D eigenvalue weighted by molar-refractivity contribution is -0.00920. The topological polar surface area (TPSA) is 27.3 Å². The quantitative estimate of drug-likeness (QED) is 0.712. The van der Waals surface area contributed by atoms with Gasteiger partial charge in [-0.05, 0) is 38.5 Å². The Bertz CT molecular complexity index is 271. The second-order valence-electron chi connectivity index (χ2n) is 6.54. The molecule has 17 heavy (non-hydrogen) atoms. The summed E-state index contributed by atoms with van der Waals surface area (Å²) in [6.45, 7) is 2.48. The van der Waals surface area contributed by atoms with E-state index >= 15 is 0 Å². The third kappa shape index (κ3) is 1.74. The van der Waals surface area contributed by atoms with Crippen molar-refractivity contribution in [3.8, 4) is 0 Å². The van der Waals surface area contributed by atoms with Crippen LogP contribution in [0.2, 0.25) is 0 Å². The van der Waals surface area contributed by atoms with Gasteiger partial charge in [-0.3, -0.25) is 4.90 Å². The van der Waals surface area contributed by atoms with Crippen molar-refractivity contribution >= 4 is 0 Å². The second-order valence-corrected chi connectivity index (χ2v) is 6.54. The van der Waals surface area contributed by atoms with Gasteiger partial charge in [-0.25, -0.2) is 0 Å². The number of nitrogens with one attached hydrogen (secondary N) is 2. The highest BCUT2D eigenvalue weighted by atomic mass is 15.3. The van der Waals surface area contributed by atoms with Gasteiger partial charge in [0.1, 0.15) is 0 Å². The minimum atomic E-state index is 0.815. The van der Waals surface area contributed by atoms with E-state index in [0.717, 1.165) is 30.2 Å². The molecule has 96 valence electrons. The van der Waals surface area contributed by atoms with Crippen LogP contribution in [0.3, 0.4) is 0 Å². The fraction of sp³-hybridized carbons (Fsp3) is 1.00. The van der Waals surface area contributed by atoms with E-state index < -0.39 is 0 Å². The van der Waals surface area contributed by atoms with Gasteiger partial charge in [0.15, 0.2) is 0 Å². The molecule has 0 aromatic heterocycles. The minimum Gasteiger partial charge on any atom is -0.314 e. The monoisotopic (exact) mass is 235 g/mol. The summed E-state index contributed by atoms with van der Waals surface area (Å²) in [6, 6.07) is 4.21. The van der Waals surface area contributed by atoms with E-state index in [1.54, 1.807) is 0 Å². The summed E-state index contributed by atoms with van der Waals surface area (Å²) in [7, 11) is 0. The first-order valence-electron chi connectivity index (χ1n) is 7.66. The number of piperidine rings is 2. The van der Waals surface area contributed by atoms with Crippen molar-refractivity contribution in [1.82, 2.24) is 15.5 Å². The van der Waals surface area contributed by atoms with Crippen molar-refractivity contribution in [3.63, 3.8) is 0 Å². The first-order valence-corrected chi connectivity index (χ1v) is 7.66. The van der Waals surface area contributed by atoms with Crippen LogP contribution in [0, 0.1) is 0 Å². The van der Waals surface area contributed by atoms with Crippen molar-refractivity contribution in [3.05, 3.63) is 0 Å². The van der Waals surface area contributed by atoms with Gasteiger partial charge in [0.25, 0.3) is 0 Å². The van der Waals surface area contributed by atoms with Crippen LogP contribution >= 0.6 is 0 Å². The standard InChI is InChI=1S/C14H25N3/c1-2-11-8-15-9-12(3-1)17(11)14-7-5-10-4-6-13(14)16-10/h10-16H,1-9H2. The van der Waals surface area contributed by atoms with Crippen molar-refractivity contribution in [1.29, 1.82) is 0 Å². The molecule has 0 aromatic carbocycles. The normalized spacial score (nSPS) is 50.5. The van der Waals surface area contributed by atoms with E-state index in [1.807, 2.05) is 0 Å². The maximum absolute atomic E-state index is 3.86. The summed E-state index contributed by atoms with van der Waals surface area (Å²) < 4.78 is 0. The van der Waals surface area contributed by atoms with E-state index in [2.05, 4.69) is 15.5 Å². The molecule has 0 aliphatic carbocycles. The number of rotatable bonds is 1. The van der Waals surface area contributed by atoms with Gasteiger partial charge in [0.2, 0.25) is 0 Å². The molecule has 5 unspecified atom stereocenters. The summed E-state index contributed by atoms with van der Waals surface area (Å²) in [6.07, 6.45) is 10.1. The van der Waals surface area contributed by atoms with Crippen LogP contribution in [-0.2, 0) is 0 Å². The fourth-order valence-electron chi connectivity index (χ4n) is 4.87. The highest BCUT2D eigenvalue weighted by molar-refractivity contribution is 5.03. The summed E-state index contributed by atoms with van der Waals surface area (Å²) in [4.78, 5) is 2.93. The molecule has 3 nitrogen and oxygen atoms in total. The predicted octanol–water partition coefficient (Wildman–Crippen LogP) is 1.10. The van der Waals surface area contributed by atoms with Crippen molar-refractivity contribution in [2.75, 3.05) is 13.1 Å². The van der Waals surface area contributed by atoms with Crippen LogP contribution in [0.1, 0.15) is 44.9 Å². The van der Waals surface area contributed by atoms with Gasteiger partial charge >= 0.3 is 0 Å². The Morgan fingerprint density at radius 1 is 0.824 bits per heavy atom. The van der Waals surface area contributed by atoms with E-state index in [4.69, 9.17) is 0 Å². The Labute approximate surface area is 104 Å². The number of piperazine rings is 1. The van der Waals surface area contributed by atoms with Gasteiger partial charge in [-0.15, -0.1) is 0 Å². The lowest BCUT2D eigenvalue weighted by Crippen LogP contribution is -2.66. The van der Waals surface area contributed by atoms with Crippen molar-refractivity contribution < 1.29 is 0 Å². The Hall–Kier alpha value is -0.120. The molecule has 4 fully saturated rings. The molecule has 0 spiro atoms. The molecular formula is C14H25N3. The molecule has 2 N–H and O–H groups in total. The van der Waals surface area contributed by atoms with Crippen LogP contribution in [0.5, 0.6) is 0 Å². The van der Waals surface area contributed by atoms with Crippen LogP contribution in [0.25, 0.3) is 0 Å². The Morgan fingerprint density at radius 2 is 1.59 bits per heavy atom. The number of fused-ring (bicyclic) bond motifs is 4. The van der Waals surface area contributed by atoms with Crippen LogP contribution in [0.4, 0.5) is 0 Å². The van der Waals surface area contributed by atoms with E-state index in [9.17, 15) is 0 Å². The van der Waals surface area contributed by atoms with E-state index in [-0.39, 0.29) is 0 Å². The molecule has 4 aliphatic heterocycles. The zero-order valence-electron chi connectivity index (χ0n) is 10.7. The zero-order chi connectivity index (χ0) is 11.2. The molecule has 5 atom stereocenters. The van der Waals surface area contributed by atoms with Gasteiger partial charge < -0.3 is 10.6 Å². The summed E-state index contributed by atoms with van der Waals surface area (Å²) in [5.74, 6) is 0. The third-order valence-corrected chi connectivity index (χ3v) is 5.61. The maximum atomic E-state index is 3.86. The minimum absolute atomic E-state index is 0.815. The largest absolute Gasteiger partial charge is 0.314 e. The Morgan fingerprint density at radius 3 is 2.41 bits per heavy atom. The summed E-state index contributed by atoms with van der Waals surface area (Å²) >= 11 is 0. The van der Waals surface area contributed by atoms with E-state index in [0.29, 0.717) is 0 Å². The molecule has 0 aromatic rings. The molecule has 4 aliphatic rings. The van der Waals surface area contributed by atoms with Crippen LogP contribution < -0.4 is 10.6 Å². The average Bonchev–Trinajstić information content (AvgIpc) is 2.71. The first-order chi connectivity index (χ1) is 8.42. The number of nitrogens with zero attached hydrogens (tertiary/aromatic N) is 1. The van der Waals surface area contributed by atoms with Crippen molar-refractivity contribution in [2.45, 2.75) is 75.2 Å². The smallest absolute Gasteiger partial charge is 0.0256 e. The molecule has 4 rings (SSSR count). The van der Waals surface area contributed by atoms with Crippen molar-refractivity contribution in [2.24, 2.45) is 0 Å². The van der Waals surface area contributed by atoms with Gasteiger partial charge in [0.05, 0.1) is 0 Å². The molecular weight excluding hydrogens is 210 g/mol. The molecule has 0 amide bonds. The first kappa shape index (κ1) is 10.8. The number of hydrogen-bond acceptors (Lipinski definition) is 3. The van der Waals surface area contributed by atoms with Gasteiger partial charge in [0, 0.05) is 43.3 Å². The van der Waals surface area contributed by atoms with Gasteiger partial charge in [-0.2, -0.15) is 0 Å². The predicted molar refractivity (Wildman–Crippen MR) is 69.1 cm³/mol. The highest BCUT2D eigenvalue weighted by Gasteiger charge is 2.44. The lowest BCUT2D eigenvalue weighted by Gasteiger charge is -2.52.